The quantitative estimate of drug-likeness (QED) is 0.691. The van der Waals surface area contributed by atoms with Gasteiger partial charge in [0.1, 0.15) is 6.10 Å². The lowest BCUT2D eigenvalue weighted by atomic mass is 9.96. The lowest BCUT2D eigenvalue weighted by Crippen LogP contribution is -2.49. The van der Waals surface area contributed by atoms with Crippen LogP contribution in [-0.4, -0.2) is 52.8 Å². The first kappa shape index (κ1) is 20.8. The molecule has 1 aliphatic carbocycles. The van der Waals surface area contributed by atoms with Gasteiger partial charge in [-0.15, -0.1) is 11.8 Å². The molecule has 2 heterocycles. The molecule has 4 rings (SSSR count). The molecule has 3 aliphatic rings. The summed E-state index contributed by atoms with van der Waals surface area (Å²) in [6, 6.07) is 7.86. The Morgan fingerprint density at radius 1 is 1.28 bits per heavy atom. The standard InChI is InChI=1S/C22H27ClN2O3S/c23-18-6-2-1-5-16(18)11-15-12-17(29-14-15)13-24-21(28)22(7-8-22)19(26)20(27)25-9-3-4-10-25/h1-2,5-6,14,17,19,26H,3-4,7-13H2,(H,24,28)/t17?,19-/m0/s1. The van der Waals surface area contributed by atoms with Crippen molar-refractivity contribution in [3.05, 3.63) is 45.8 Å². The van der Waals surface area contributed by atoms with Gasteiger partial charge in [0, 0.05) is 29.9 Å². The molecule has 0 spiro atoms. The number of hydrogen-bond acceptors (Lipinski definition) is 4. The van der Waals surface area contributed by atoms with E-state index in [0.29, 0.717) is 32.5 Å². The van der Waals surface area contributed by atoms with Crippen molar-refractivity contribution in [1.29, 1.82) is 0 Å². The second kappa shape index (κ2) is 8.70. The zero-order valence-electron chi connectivity index (χ0n) is 16.4. The topological polar surface area (TPSA) is 69.6 Å². The highest BCUT2D eigenvalue weighted by Crippen LogP contribution is 2.49. The normalized spacial score (nSPS) is 23.6. The second-order valence-electron chi connectivity index (χ2n) is 8.31. The summed E-state index contributed by atoms with van der Waals surface area (Å²) >= 11 is 7.98. The number of thioether (sulfide) groups is 1. The van der Waals surface area contributed by atoms with E-state index in [0.717, 1.165) is 36.3 Å². The fourth-order valence-electron chi connectivity index (χ4n) is 4.19. The summed E-state index contributed by atoms with van der Waals surface area (Å²) in [5.74, 6) is -0.466. The molecule has 2 aliphatic heterocycles. The molecule has 5 nitrogen and oxygen atoms in total. The number of nitrogens with zero attached hydrogens (tertiary/aromatic N) is 1. The summed E-state index contributed by atoms with van der Waals surface area (Å²) < 4.78 is 0. The molecule has 0 radical (unpaired) electrons. The predicted molar refractivity (Wildman–Crippen MR) is 116 cm³/mol. The van der Waals surface area contributed by atoms with E-state index in [-0.39, 0.29) is 17.1 Å². The third-order valence-electron chi connectivity index (χ3n) is 6.20. The first-order valence-electron chi connectivity index (χ1n) is 10.3. The number of aliphatic hydroxyl groups is 1. The van der Waals surface area contributed by atoms with Gasteiger partial charge >= 0.3 is 0 Å². The molecule has 1 saturated heterocycles. The van der Waals surface area contributed by atoms with Crippen LogP contribution in [0.3, 0.4) is 0 Å². The summed E-state index contributed by atoms with van der Waals surface area (Å²) in [5.41, 5.74) is 1.51. The molecule has 1 unspecified atom stereocenters. The number of carbonyl (C=O) groups is 2. The smallest absolute Gasteiger partial charge is 0.252 e. The molecule has 1 aromatic rings. The van der Waals surface area contributed by atoms with Crippen LogP contribution in [0.5, 0.6) is 0 Å². The van der Waals surface area contributed by atoms with Gasteiger partial charge in [-0.1, -0.05) is 35.4 Å². The first-order chi connectivity index (χ1) is 14.0. The Bertz CT molecular complexity index is 818. The highest BCUT2D eigenvalue weighted by molar-refractivity contribution is 8.03. The number of allylic oxidation sites excluding steroid dienone is 1. The maximum absolute atomic E-state index is 12.8. The average Bonchev–Trinajstić information content (AvgIpc) is 3.13. The Morgan fingerprint density at radius 2 is 2.00 bits per heavy atom. The average molecular weight is 435 g/mol. The number of benzene rings is 1. The number of rotatable bonds is 7. The molecule has 156 valence electrons. The van der Waals surface area contributed by atoms with Gasteiger partial charge in [-0.3, -0.25) is 9.59 Å². The van der Waals surface area contributed by atoms with Gasteiger partial charge in [-0.2, -0.15) is 0 Å². The van der Waals surface area contributed by atoms with Crippen molar-refractivity contribution < 1.29 is 14.7 Å². The summed E-state index contributed by atoms with van der Waals surface area (Å²) in [6.45, 7) is 1.91. The van der Waals surface area contributed by atoms with Crippen LogP contribution in [0.4, 0.5) is 0 Å². The SMILES string of the molecule is O=C([C@H](O)C1(C(=O)NCC2CC(Cc3ccccc3Cl)=CS2)CC1)N1CCCC1. The minimum absolute atomic E-state index is 0.183. The van der Waals surface area contributed by atoms with Crippen molar-refractivity contribution in [2.24, 2.45) is 5.41 Å². The summed E-state index contributed by atoms with van der Waals surface area (Å²) in [5, 5.41) is 16.8. The van der Waals surface area contributed by atoms with Crippen LogP contribution >= 0.6 is 23.4 Å². The molecular weight excluding hydrogens is 408 g/mol. The minimum atomic E-state index is -1.22. The predicted octanol–water partition coefficient (Wildman–Crippen LogP) is 3.15. The van der Waals surface area contributed by atoms with E-state index in [1.807, 2.05) is 24.3 Å². The van der Waals surface area contributed by atoms with Gasteiger partial charge in [0.25, 0.3) is 5.91 Å². The van der Waals surface area contributed by atoms with E-state index in [4.69, 9.17) is 11.6 Å². The number of likely N-dealkylation sites (tertiary alicyclic amines) is 1. The molecule has 0 bridgehead atoms. The highest BCUT2D eigenvalue weighted by atomic mass is 35.5. The fraction of sp³-hybridized carbons (Fsp3) is 0.545. The number of nitrogens with one attached hydrogen (secondary N) is 1. The van der Waals surface area contributed by atoms with E-state index in [9.17, 15) is 14.7 Å². The lowest BCUT2D eigenvalue weighted by molar-refractivity contribution is -0.148. The maximum Gasteiger partial charge on any atom is 0.252 e. The Labute approximate surface area is 180 Å². The van der Waals surface area contributed by atoms with Crippen molar-refractivity contribution in [3.8, 4) is 0 Å². The Morgan fingerprint density at radius 3 is 2.69 bits per heavy atom. The van der Waals surface area contributed by atoms with Crippen molar-refractivity contribution in [2.75, 3.05) is 19.6 Å². The minimum Gasteiger partial charge on any atom is -0.382 e. The van der Waals surface area contributed by atoms with E-state index >= 15 is 0 Å². The van der Waals surface area contributed by atoms with Crippen LogP contribution in [0, 0.1) is 5.41 Å². The monoisotopic (exact) mass is 434 g/mol. The van der Waals surface area contributed by atoms with Gasteiger partial charge in [0.2, 0.25) is 5.91 Å². The zero-order chi connectivity index (χ0) is 20.4. The summed E-state index contributed by atoms with van der Waals surface area (Å²) in [4.78, 5) is 27.0. The molecule has 2 atom stereocenters. The fourth-order valence-corrected chi connectivity index (χ4v) is 5.45. The van der Waals surface area contributed by atoms with E-state index < -0.39 is 11.5 Å². The number of carbonyl (C=O) groups excluding carboxylic acids is 2. The second-order valence-corrected chi connectivity index (χ2v) is 9.89. The molecule has 2 N–H and O–H groups in total. The van der Waals surface area contributed by atoms with Gasteiger partial charge in [-0.05, 0) is 55.6 Å². The Kier molecular flexibility index (Phi) is 6.23. The molecular formula is C22H27ClN2O3S. The highest BCUT2D eigenvalue weighted by Gasteiger charge is 2.58. The molecule has 1 saturated carbocycles. The lowest BCUT2D eigenvalue weighted by Gasteiger charge is -2.25. The van der Waals surface area contributed by atoms with Gasteiger partial charge in [-0.25, -0.2) is 0 Å². The zero-order valence-corrected chi connectivity index (χ0v) is 18.0. The molecule has 2 amide bonds. The van der Waals surface area contributed by atoms with Crippen LogP contribution in [0.25, 0.3) is 0 Å². The molecule has 2 fully saturated rings. The van der Waals surface area contributed by atoms with Gasteiger partial charge in [0.05, 0.1) is 5.41 Å². The Hall–Kier alpha value is -1.50. The van der Waals surface area contributed by atoms with Crippen molar-refractivity contribution in [3.63, 3.8) is 0 Å². The molecule has 7 heteroatoms. The van der Waals surface area contributed by atoms with Crippen molar-refractivity contribution in [1.82, 2.24) is 10.2 Å². The third-order valence-corrected chi connectivity index (χ3v) is 7.75. The number of amides is 2. The van der Waals surface area contributed by atoms with Crippen LogP contribution in [0.15, 0.2) is 35.2 Å². The van der Waals surface area contributed by atoms with Crippen LogP contribution in [0.2, 0.25) is 5.02 Å². The van der Waals surface area contributed by atoms with E-state index in [1.54, 1.807) is 16.7 Å². The van der Waals surface area contributed by atoms with Crippen LogP contribution in [-0.2, 0) is 16.0 Å². The molecule has 1 aromatic carbocycles. The van der Waals surface area contributed by atoms with E-state index in [1.165, 1.54) is 5.57 Å². The van der Waals surface area contributed by atoms with Crippen molar-refractivity contribution in [2.45, 2.75) is 49.9 Å². The largest absolute Gasteiger partial charge is 0.382 e. The summed E-state index contributed by atoms with van der Waals surface area (Å²) in [6.07, 6.45) is 3.61. The van der Waals surface area contributed by atoms with Crippen LogP contribution in [0.1, 0.15) is 37.7 Å². The third kappa shape index (κ3) is 4.49. The van der Waals surface area contributed by atoms with E-state index in [2.05, 4.69) is 10.7 Å². The maximum atomic E-state index is 12.8. The molecule has 0 aromatic heterocycles. The Balaban J connectivity index is 1.26. The van der Waals surface area contributed by atoms with Gasteiger partial charge < -0.3 is 15.3 Å². The number of halogens is 1. The van der Waals surface area contributed by atoms with Gasteiger partial charge in [0.15, 0.2) is 0 Å². The van der Waals surface area contributed by atoms with Crippen LogP contribution < -0.4 is 5.32 Å². The molecule has 29 heavy (non-hydrogen) atoms. The number of hydrogen-bond donors (Lipinski definition) is 2. The summed E-state index contributed by atoms with van der Waals surface area (Å²) in [7, 11) is 0. The van der Waals surface area contributed by atoms with Crippen molar-refractivity contribution >= 4 is 35.2 Å². The first-order valence-corrected chi connectivity index (χ1v) is 11.6. The number of aliphatic hydroxyl groups excluding tert-OH is 1.